The number of rotatable bonds is 10. The molecule has 0 radical (unpaired) electrons. The zero-order chi connectivity index (χ0) is 24.5. The fraction of sp³-hybridized carbons (Fsp3) is 0.625. The molecule has 2 amide bonds. The van der Waals surface area contributed by atoms with Gasteiger partial charge in [0.15, 0.2) is 0 Å². The highest BCUT2D eigenvalue weighted by atomic mass is 79.9. The van der Waals surface area contributed by atoms with E-state index in [1.165, 1.54) is 0 Å². The predicted octanol–water partition coefficient (Wildman–Crippen LogP) is 3.14. The zero-order valence-corrected chi connectivity index (χ0v) is 21.4. The lowest BCUT2D eigenvalue weighted by molar-refractivity contribution is -0.154. The van der Waals surface area contributed by atoms with E-state index in [9.17, 15) is 14.4 Å². The van der Waals surface area contributed by atoms with Crippen molar-refractivity contribution in [2.24, 2.45) is 11.8 Å². The number of amides is 2. The van der Waals surface area contributed by atoms with Crippen LogP contribution in [0.1, 0.15) is 39.0 Å². The summed E-state index contributed by atoms with van der Waals surface area (Å²) in [6, 6.07) is 5.89. The third-order valence-corrected chi connectivity index (χ3v) is 8.11. The summed E-state index contributed by atoms with van der Waals surface area (Å²) < 4.78 is 11.7. The van der Waals surface area contributed by atoms with Gasteiger partial charge in [0.05, 0.1) is 24.5 Å². The largest absolute Gasteiger partial charge is 0.466 e. The van der Waals surface area contributed by atoms with Gasteiger partial charge < -0.3 is 24.8 Å². The Morgan fingerprint density at radius 2 is 1.97 bits per heavy atom. The summed E-state index contributed by atoms with van der Waals surface area (Å²) in [5.74, 6) is -2.56. The molecule has 3 saturated heterocycles. The number of hydrogen-bond donors (Lipinski definition) is 2. The smallest absolute Gasteiger partial charge is 0.312 e. The number of aliphatic hydroxyl groups is 1. The topological polar surface area (TPSA) is 105 Å². The summed E-state index contributed by atoms with van der Waals surface area (Å²) in [5.41, 5.74) is -0.538. The molecule has 0 aromatic heterocycles. The number of nitrogens with zero attached hydrogens (tertiary/aromatic N) is 1. The Hall–Kier alpha value is -1.68. The molecule has 1 aromatic rings. The van der Waals surface area contributed by atoms with E-state index in [-0.39, 0.29) is 29.9 Å². The first-order valence-corrected chi connectivity index (χ1v) is 13.1. The molecule has 0 aliphatic carbocycles. The standard InChI is InChI=1S/C24H30BrClN2O6/c1-2-33-23(32)17-18-22(31)28(11-5-3-4-6-12-29)20(24(18)13-16(25)19(17)34-24)21(30)27-15-9-7-14(26)8-10-15/h7-10,16-20,29H,2-6,11-13H2,1H3,(H,27,30)/t16?,17-,18+,19-,20?,24?/m1/s1. The van der Waals surface area contributed by atoms with Crippen molar-refractivity contribution in [2.45, 2.75) is 61.6 Å². The van der Waals surface area contributed by atoms with Crippen molar-refractivity contribution in [3.63, 3.8) is 0 Å². The highest BCUT2D eigenvalue weighted by Gasteiger charge is 2.76. The molecule has 8 nitrogen and oxygen atoms in total. The Morgan fingerprint density at radius 1 is 1.26 bits per heavy atom. The second kappa shape index (κ2) is 10.5. The Balaban J connectivity index is 1.63. The lowest BCUT2D eigenvalue weighted by Gasteiger charge is -2.34. The van der Waals surface area contributed by atoms with Crippen molar-refractivity contribution in [1.29, 1.82) is 0 Å². The van der Waals surface area contributed by atoms with E-state index in [1.54, 1.807) is 36.1 Å². The number of carbonyl (C=O) groups is 3. The van der Waals surface area contributed by atoms with Gasteiger partial charge in [-0.15, -0.1) is 0 Å². The van der Waals surface area contributed by atoms with Gasteiger partial charge in [-0.1, -0.05) is 40.4 Å². The van der Waals surface area contributed by atoms with Gasteiger partial charge in [0.25, 0.3) is 0 Å². The van der Waals surface area contributed by atoms with E-state index in [1.807, 2.05) is 0 Å². The number of unbranched alkanes of at least 4 members (excludes halogenated alkanes) is 3. The molecular formula is C24H30BrClN2O6. The van der Waals surface area contributed by atoms with Gasteiger partial charge >= 0.3 is 5.97 Å². The average Bonchev–Trinajstić information content (AvgIpc) is 3.39. The number of ether oxygens (including phenoxy) is 2. The van der Waals surface area contributed by atoms with Crippen molar-refractivity contribution in [2.75, 3.05) is 25.1 Å². The summed E-state index contributed by atoms with van der Waals surface area (Å²) >= 11 is 9.60. The summed E-state index contributed by atoms with van der Waals surface area (Å²) in [7, 11) is 0. The van der Waals surface area contributed by atoms with Crippen LogP contribution in [0.3, 0.4) is 0 Å². The Bertz CT molecular complexity index is 931. The molecule has 3 aliphatic rings. The maximum atomic E-state index is 13.7. The highest BCUT2D eigenvalue weighted by Crippen LogP contribution is 2.60. The molecule has 1 aromatic carbocycles. The molecule has 6 atom stereocenters. The minimum Gasteiger partial charge on any atom is -0.466 e. The second-order valence-corrected chi connectivity index (χ2v) is 10.7. The predicted molar refractivity (Wildman–Crippen MR) is 130 cm³/mol. The number of anilines is 1. The van der Waals surface area contributed by atoms with Crippen LogP contribution in [0, 0.1) is 11.8 Å². The molecule has 0 saturated carbocycles. The molecule has 3 fully saturated rings. The highest BCUT2D eigenvalue weighted by molar-refractivity contribution is 9.09. The molecule has 2 bridgehead atoms. The van der Waals surface area contributed by atoms with Gasteiger partial charge in [-0.25, -0.2) is 0 Å². The van der Waals surface area contributed by atoms with Gasteiger partial charge in [-0.05, 0) is 50.5 Å². The van der Waals surface area contributed by atoms with E-state index in [4.69, 9.17) is 26.2 Å². The number of hydrogen-bond acceptors (Lipinski definition) is 6. The Kier molecular flexibility index (Phi) is 7.86. The van der Waals surface area contributed by atoms with Crippen LogP contribution in [0.4, 0.5) is 5.69 Å². The fourth-order valence-electron chi connectivity index (χ4n) is 5.67. The number of alkyl halides is 1. The summed E-state index contributed by atoms with van der Waals surface area (Å²) in [6.07, 6.45) is 2.96. The maximum Gasteiger partial charge on any atom is 0.312 e. The van der Waals surface area contributed by atoms with E-state index in [2.05, 4.69) is 21.2 Å². The summed E-state index contributed by atoms with van der Waals surface area (Å²) in [5, 5.41) is 12.5. The van der Waals surface area contributed by atoms with Crippen LogP contribution in [0.25, 0.3) is 0 Å². The van der Waals surface area contributed by atoms with Gasteiger partial charge in [-0.3, -0.25) is 14.4 Å². The lowest BCUT2D eigenvalue weighted by atomic mass is 9.70. The number of fused-ring (bicyclic) bond motifs is 1. The monoisotopic (exact) mass is 556 g/mol. The molecule has 1 spiro atoms. The maximum absolute atomic E-state index is 13.7. The number of aliphatic hydroxyl groups excluding tert-OH is 1. The molecular weight excluding hydrogens is 528 g/mol. The van der Waals surface area contributed by atoms with Gasteiger partial charge in [-0.2, -0.15) is 0 Å². The molecule has 10 heteroatoms. The molecule has 186 valence electrons. The average molecular weight is 558 g/mol. The minimum absolute atomic E-state index is 0.128. The molecule has 3 unspecified atom stereocenters. The van der Waals surface area contributed by atoms with Crippen LogP contribution in [0.15, 0.2) is 24.3 Å². The SMILES string of the molecule is CCOC(=O)[C@H]1[C@@H]2OC3(CC2Br)C(C(=O)Nc2ccc(Cl)cc2)N(CCCCCCO)C(=O)[C@H]13. The molecule has 2 N–H and O–H groups in total. The van der Waals surface area contributed by atoms with Crippen molar-refractivity contribution in [3.05, 3.63) is 29.3 Å². The lowest BCUT2D eigenvalue weighted by Crippen LogP contribution is -2.54. The van der Waals surface area contributed by atoms with Crippen molar-refractivity contribution in [1.82, 2.24) is 4.90 Å². The third-order valence-electron chi connectivity index (χ3n) is 7.02. The molecule has 34 heavy (non-hydrogen) atoms. The van der Waals surface area contributed by atoms with Crippen LogP contribution in [0.5, 0.6) is 0 Å². The summed E-state index contributed by atoms with van der Waals surface area (Å²) in [4.78, 5) is 41.7. The van der Waals surface area contributed by atoms with Crippen molar-refractivity contribution >= 4 is 51.0 Å². The van der Waals surface area contributed by atoms with Crippen molar-refractivity contribution in [3.8, 4) is 0 Å². The third kappa shape index (κ3) is 4.47. The minimum atomic E-state index is -1.10. The first-order valence-electron chi connectivity index (χ1n) is 11.8. The van der Waals surface area contributed by atoms with Gasteiger partial charge in [0.2, 0.25) is 11.8 Å². The van der Waals surface area contributed by atoms with Gasteiger partial charge in [0.1, 0.15) is 11.6 Å². The van der Waals surface area contributed by atoms with Crippen LogP contribution < -0.4 is 5.32 Å². The number of halogens is 2. The van der Waals surface area contributed by atoms with Crippen LogP contribution in [0.2, 0.25) is 5.02 Å². The van der Waals surface area contributed by atoms with Crippen LogP contribution in [-0.2, 0) is 23.9 Å². The Labute approximate surface area is 212 Å². The molecule has 3 heterocycles. The number of esters is 1. The quantitative estimate of drug-likeness (QED) is 0.260. The zero-order valence-electron chi connectivity index (χ0n) is 19.0. The first kappa shape index (κ1) is 25.4. The van der Waals surface area contributed by atoms with Crippen LogP contribution >= 0.6 is 27.5 Å². The van der Waals surface area contributed by atoms with E-state index in [0.29, 0.717) is 36.5 Å². The molecule has 4 rings (SSSR count). The number of likely N-dealkylation sites (tertiary alicyclic amines) is 1. The van der Waals surface area contributed by atoms with E-state index >= 15 is 0 Å². The number of nitrogens with one attached hydrogen (secondary N) is 1. The van der Waals surface area contributed by atoms with Crippen molar-refractivity contribution < 1.29 is 29.0 Å². The summed E-state index contributed by atoms with van der Waals surface area (Å²) in [6.45, 7) is 2.43. The molecule has 3 aliphatic heterocycles. The van der Waals surface area contributed by atoms with Crippen LogP contribution in [-0.4, -0.2) is 70.1 Å². The number of carbonyl (C=O) groups excluding carboxylic acids is 3. The Morgan fingerprint density at radius 3 is 2.65 bits per heavy atom. The number of benzene rings is 1. The van der Waals surface area contributed by atoms with E-state index in [0.717, 1.165) is 12.8 Å². The first-order chi connectivity index (χ1) is 16.3. The second-order valence-electron chi connectivity index (χ2n) is 9.08. The normalized spacial score (nSPS) is 31.6. The fourth-order valence-corrected chi connectivity index (χ4v) is 6.74. The van der Waals surface area contributed by atoms with Gasteiger partial charge in [0, 0.05) is 28.7 Å². The van der Waals surface area contributed by atoms with E-state index < -0.39 is 35.6 Å².